The molecule has 2 aromatic rings. The quantitative estimate of drug-likeness (QED) is 0.589. The van der Waals surface area contributed by atoms with Crippen LogP contribution in [0.5, 0.6) is 0 Å². The Morgan fingerprint density at radius 1 is 1.24 bits per heavy atom. The molecule has 0 fully saturated rings. The summed E-state index contributed by atoms with van der Waals surface area (Å²) in [5, 5.41) is 7.43. The van der Waals surface area contributed by atoms with Gasteiger partial charge in [-0.05, 0) is 30.8 Å². The van der Waals surface area contributed by atoms with Crippen molar-refractivity contribution in [1.29, 1.82) is 0 Å². The number of nitrogens with one attached hydrogen (secondary N) is 3. The van der Waals surface area contributed by atoms with E-state index in [1.807, 2.05) is 37.3 Å². The average Bonchev–Trinajstić information content (AvgIpc) is 2.92. The highest BCUT2D eigenvalue weighted by molar-refractivity contribution is 7.80. The Labute approximate surface area is 128 Å². The zero-order valence-corrected chi connectivity index (χ0v) is 12.6. The van der Waals surface area contributed by atoms with Gasteiger partial charge in [-0.15, -0.1) is 0 Å². The predicted molar refractivity (Wildman–Crippen MR) is 84.4 cm³/mol. The van der Waals surface area contributed by atoms with Crippen LogP contribution >= 0.6 is 12.2 Å². The highest BCUT2D eigenvalue weighted by Gasteiger charge is 2.10. The van der Waals surface area contributed by atoms with E-state index >= 15 is 0 Å². The van der Waals surface area contributed by atoms with E-state index in [9.17, 15) is 4.79 Å². The van der Waals surface area contributed by atoms with Gasteiger partial charge in [0.15, 0.2) is 10.8 Å². The minimum atomic E-state index is -0.341. The molecule has 6 nitrogen and oxygen atoms in total. The number of thiocarbonyl (C=S) groups is 1. The number of benzene rings is 1. The van der Waals surface area contributed by atoms with Crippen molar-refractivity contribution < 1.29 is 4.79 Å². The summed E-state index contributed by atoms with van der Waals surface area (Å²) in [7, 11) is 1.75. The van der Waals surface area contributed by atoms with E-state index in [4.69, 9.17) is 12.2 Å². The number of hydrogen-bond acceptors (Lipinski definition) is 3. The fourth-order valence-electron chi connectivity index (χ4n) is 1.77. The van der Waals surface area contributed by atoms with Gasteiger partial charge in [0.05, 0.1) is 6.04 Å². The molecule has 1 heterocycles. The third-order valence-corrected chi connectivity index (χ3v) is 3.10. The van der Waals surface area contributed by atoms with Crippen molar-refractivity contribution in [1.82, 2.24) is 25.9 Å². The number of carbonyl (C=O) groups is 1. The van der Waals surface area contributed by atoms with Crippen LogP contribution in [0.2, 0.25) is 0 Å². The van der Waals surface area contributed by atoms with Crippen molar-refractivity contribution in [2.24, 2.45) is 7.05 Å². The number of aryl methyl sites for hydroxylation is 1. The maximum atomic E-state index is 11.8. The lowest BCUT2D eigenvalue weighted by molar-refractivity contribution is 0.0938. The molecule has 1 aromatic carbocycles. The van der Waals surface area contributed by atoms with Crippen molar-refractivity contribution in [3.63, 3.8) is 0 Å². The summed E-state index contributed by atoms with van der Waals surface area (Å²) in [5.41, 5.74) is 6.59. The van der Waals surface area contributed by atoms with Gasteiger partial charge in [-0.1, -0.05) is 30.3 Å². The molecule has 0 unspecified atom stereocenters. The summed E-state index contributed by atoms with van der Waals surface area (Å²) in [5.74, 6) is -0.341. The molecule has 0 radical (unpaired) electrons. The van der Waals surface area contributed by atoms with Gasteiger partial charge in [-0.25, -0.2) is 0 Å². The van der Waals surface area contributed by atoms with Crippen molar-refractivity contribution in [2.75, 3.05) is 0 Å². The van der Waals surface area contributed by atoms with Gasteiger partial charge >= 0.3 is 0 Å². The Bertz CT molecular complexity index is 625. The Morgan fingerprint density at radius 3 is 2.57 bits per heavy atom. The maximum Gasteiger partial charge on any atom is 0.290 e. The minimum absolute atomic E-state index is 0.0398. The molecule has 1 aromatic heterocycles. The average molecular weight is 303 g/mol. The molecule has 0 saturated heterocycles. The van der Waals surface area contributed by atoms with Crippen LogP contribution in [0.15, 0.2) is 42.6 Å². The van der Waals surface area contributed by atoms with Gasteiger partial charge in [0.25, 0.3) is 5.91 Å². The van der Waals surface area contributed by atoms with Crippen LogP contribution in [0.3, 0.4) is 0 Å². The molecule has 0 aliphatic rings. The van der Waals surface area contributed by atoms with Gasteiger partial charge in [-0.2, -0.15) is 5.10 Å². The van der Waals surface area contributed by atoms with Crippen molar-refractivity contribution >= 4 is 23.2 Å². The number of rotatable bonds is 3. The second-order valence-corrected chi connectivity index (χ2v) is 4.97. The van der Waals surface area contributed by atoms with Crippen molar-refractivity contribution in [3.05, 3.63) is 53.9 Å². The number of hydrogen-bond donors (Lipinski definition) is 3. The van der Waals surface area contributed by atoms with E-state index in [-0.39, 0.29) is 11.9 Å². The zero-order valence-electron chi connectivity index (χ0n) is 11.8. The smallest absolute Gasteiger partial charge is 0.290 e. The van der Waals surface area contributed by atoms with Crippen molar-refractivity contribution in [3.8, 4) is 0 Å². The maximum absolute atomic E-state index is 11.8. The monoisotopic (exact) mass is 303 g/mol. The summed E-state index contributed by atoms with van der Waals surface area (Å²) < 4.78 is 1.56. The van der Waals surface area contributed by atoms with Crippen LogP contribution in [0.4, 0.5) is 0 Å². The van der Waals surface area contributed by atoms with Crippen molar-refractivity contribution in [2.45, 2.75) is 13.0 Å². The molecule has 7 heteroatoms. The molecule has 1 atom stereocenters. The van der Waals surface area contributed by atoms with Gasteiger partial charge in [-0.3, -0.25) is 20.3 Å². The topological polar surface area (TPSA) is 71.0 Å². The number of aromatic nitrogens is 2. The SMILES string of the molecule is C[C@H](NC(=S)NNC(=O)c1ccn(C)n1)c1ccccc1. The van der Waals surface area contributed by atoms with E-state index in [0.717, 1.165) is 5.56 Å². The van der Waals surface area contributed by atoms with Gasteiger partial charge < -0.3 is 5.32 Å². The molecular weight excluding hydrogens is 286 g/mol. The van der Waals surface area contributed by atoms with Crippen LogP contribution < -0.4 is 16.2 Å². The minimum Gasteiger partial charge on any atom is -0.355 e. The lowest BCUT2D eigenvalue weighted by Gasteiger charge is -2.17. The van der Waals surface area contributed by atoms with E-state index < -0.39 is 0 Å². The van der Waals surface area contributed by atoms with Crippen LogP contribution in [-0.2, 0) is 7.05 Å². The molecule has 1 amide bonds. The molecule has 3 N–H and O–H groups in total. The predicted octanol–water partition coefficient (Wildman–Crippen LogP) is 1.29. The van der Waals surface area contributed by atoms with Gasteiger partial charge in [0.1, 0.15) is 0 Å². The van der Waals surface area contributed by atoms with Gasteiger partial charge in [0.2, 0.25) is 0 Å². The first-order valence-corrected chi connectivity index (χ1v) is 6.88. The first-order valence-electron chi connectivity index (χ1n) is 6.47. The summed E-state index contributed by atoms with van der Waals surface area (Å²) >= 11 is 5.14. The molecule has 2 rings (SSSR count). The molecule has 0 aliphatic heterocycles. The molecule has 0 saturated carbocycles. The number of carbonyl (C=O) groups excluding carboxylic acids is 1. The van der Waals surface area contributed by atoms with Crippen LogP contribution in [0.1, 0.15) is 29.0 Å². The number of hydrazine groups is 1. The van der Waals surface area contributed by atoms with Crippen LogP contribution in [0.25, 0.3) is 0 Å². The normalized spacial score (nSPS) is 11.5. The lowest BCUT2D eigenvalue weighted by Crippen LogP contribution is -2.47. The van der Waals surface area contributed by atoms with E-state index in [1.165, 1.54) is 0 Å². The number of nitrogens with zero attached hydrogens (tertiary/aromatic N) is 2. The van der Waals surface area contributed by atoms with E-state index in [0.29, 0.717) is 10.8 Å². The Hall–Kier alpha value is -2.41. The molecule has 0 bridgehead atoms. The largest absolute Gasteiger partial charge is 0.355 e. The molecule has 21 heavy (non-hydrogen) atoms. The van der Waals surface area contributed by atoms with Crippen LogP contribution in [-0.4, -0.2) is 20.8 Å². The summed E-state index contributed by atoms with van der Waals surface area (Å²) in [6, 6.07) is 11.6. The highest BCUT2D eigenvalue weighted by atomic mass is 32.1. The molecule has 0 spiro atoms. The third-order valence-electron chi connectivity index (χ3n) is 2.88. The third kappa shape index (κ3) is 4.28. The van der Waals surface area contributed by atoms with Gasteiger partial charge in [0, 0.05) is 13.2 Å². The fraction of sp³-hybridized carbons (Fsp3) is 0.214. The summed E-state index contributed by atoms with van der Waals surface area (Å²) in [6.45, 7) is 1.99. The lowest BCUT2D eigenvalue weighted by atomic mass is 10.1. The first-order chi connectivity index (χ1) is 10.1. The number of amides is 1. The Morgan fingerprint density at radius 2 is 1.95 bits per heavy atom. The van der Waals surface area contributed by atoms with E-state index in [1.54, 1.807) is 24.0 Å². The summed E-state index contributed by atoms with van der Waals surface area (Å²) in [6.07, 6.45) is 1.70. The Kier molecular flexibility index (Phi) is 4.89. The Balaban J connectivity index is 1.81. The highest BCUT2D eigenvalue weighted by Crippen LogP contribution is 2.10. The molecular formula is C14H17N5OS. The summed E-state index contributed by atoms with van der Waals surface area (Å²) in [4.78, 5) is 11.8. The zero-order chi connectivity index (χ0) is 15.2. The molecule has 0 aliphatic carbocycles. The molecule has 110 valence electrons. The second-order valence-electron chi connectivity index (χ2n) is 4.56. The van der Waals surface area contributed by atoms with E-state index in [2.05, 4.69) is 21.3 Å². The fourth-order valence-corrected chi connectivity index (χ4v) is 2.00. The van der Waals surface area contributed by atoms with Crippen LogP contribution in [0, 0.1) is 0 Å². The second kappa shape index (κ2) is 6.85. The standard InChI is InChI=1S/C14H17N5OS/c1-10(11-6-4-3-5-7-11)15-14(21)17-16-13(20)12-8-9-19(2)18-12/h3-10H,1-2H3,(H,16,20)(H2,15,17,21)/t10-/m0/s1. The first kappa shape index (κ1) is 15.0.